The zero-order chi connectivity index (χ0) is 11.5. The van der Waals surface area contributed by atoms with Crippen molar-refractivity contribution in [2.45, 2.75) is 31.8 Å². The number of halogens is 2. The van der Waals surface area contributed by atoms with Crippen LogP contribution in [0.3, 0.4) is 0 Å². The molecule has 0 aromatic heterocycles. The number of carbonyl (C=O) groups excluding carboxylic acids is 1. The highest BCUT2D eigenvalue weighted by molar-refractivity contribution is 5.94. The number of nitrogens with one attached hydrogen (secondary N) is 2. The van der Waals surface area contributed by atoms with Crippen LogP contribution in [-0.4, -0.2) is 18.0 Å². The van der Waals surface area contributed by atoms with Crippen LogP contribution >= 0.6 is 12.4 Å². The number of hydrogen-bond donors (Lipinski definition) is 2. The number of carbonyl (C=O) groups is 1. The third-order valence-electron chi connectivity index (χ3n) is 2.55. The van der Waals surface area contributed by atoms with E-state index in [-0.39, 0.29) is 30.2 Å². The predicted octanol–water partition coefficient (Wildman–Crippen LogP) is 2.33. The second-order valence-electron chi connectivity index (χ2n) is 4.16. The molecule has 0 spiro atoms. The van der Waals surface area contributed by atoms with E-state index in [9.17, 15) is 9.18 Å². The number of amides is 1. The Labute approximate surface area is 106 Å². The molecule has 1 atom stereocenters. The molecule has 0 radical (unpaired) electrons. The molecule has 2 rings (SSSR count). The van der Waals surface area contributed by atoms with Crippen LogP contribution in [0.1, 0.15) is 19.8 Å². The first-order chi connectivity index (χ1) is 7.65. The summed E-state index contributed by atoms with van der Waals surface area (Å²) in [5, 5.41) is 5.86. The van der Waals surface area contributed by atoms with Gasteiger partial charge in [-0.05, 0) is 38.0 Å². The highest BCUT2D eigenvalue weighted by Crippen LogP contribution is 2.19. The zero-order valence-corrected chi connectivity index (χ0v) is 10.4. The van der Waals surface area contributed by atoms with Gasteiger partial charge in [0.25, 0.3) is 0 Å². The molecule has 0 heterocycles. The van der Waals surface area contributed by atoms with Crippen LogP contribution in [0, 0.1) is 5.82 Å². The number of benzene rings is 1. The molecule has 1 unspecified atom stereocenters. The van der Waals surface area contributed by atoms with E-state index in [2.05, 4.69) is 10.6 Å². The van der Waals surface area contributed by atoms with Crippen molar-refractivity contribution in [2.75, 3.05) is 5.32 Å². The summed E-state index contributed by atoms with van der Waals surface area (Å²) in [7, 11) is 0. The first-order valence-electron chi connectivity index (χ1n) is 5.47. The van der Waals surface area contributed by atoms with E-state index in [1.54, 1.807) is 12.1 Å². The second kappa shape index (κ2) is 5.98. The molecule has 1 amide bonds. The van der Waals surface area contributed by atoms with Gasteiger partial charge >= 0.3 is 0 Å². The van der Waals surface area contributed by atoms with Crippen molar-refractivity contribution < 1.29 is 9.18 Å². The lowest BCUT2D eigenvalue weighted by Crippen LogP contribution is -2.39. The average Bonchev–Trinajstić information content (AvgIpc) is 3.01. The Bertz CT molecular complexity index is 396. The molecule has 1 aromatic rings. The number of anilines is 1. The average molecular weight is 259 g/mol. The Balaban J connectivity index is 0.00000144. The van der Waals surface area contributed by atoms with Gasteiger partial charge in [-0.2, -0.15) is 0 Å². The van der Waals surface area contributed by atoms with Gasteiger partial charge in [-0.3, -0.25) is 4.79 Å². The second-order valence-corrected chi connectivity index (χ2v) is 4.16. The summed E-state index contributed by atoms with van der Waals surface area (Å²) in [5.74, 6) is -0.474. The largest absolute Gasteiger partial charge is 0.325 e. The molecular formula is C12H16ClFN2O. The maximum absolute atomic E-state index is 12.9. The van der Waals surface area contributed by atoms with Crippen molar-refractivity contribution in [3.8, 4) is 0 Å². The highest BCUT2D eigenvalue weighted by Gasteiger charge is 2.25. The monoisotopic (exact) mass is 258 g/mol. The molecular weight excluding hydrogens is 243 g/mol. The van der Waals surface area contributed by atoms with Gasteiger partial charge in [0.1, 0.15) is 5.82 Å². The van der Waals surface area contributed by atoms with Gasteiger partial charge in [0, 0.05) is 11.7 Å². The van der Waals surface area contributed by atoms with Crippen molar-refractivity contribution in [2.24, 2.45) is 0 Å². The minimum atomic E-state index is -0.347. The molecule has 2 N–H and O–H groups in total. The van der Waals surface area contributed by atoms with Crippen LogP contribution in [0.2, 0.25) is 0 Å². The fourth-order valence-corrected chi connectivity index (χ4v) is 1.50. The van der Waals surface area contributed by atoms with Gasteiger partial charge in [-0.15, -0.1) is 12.4 Å². The predicted molar refractivity (Wildman–Crippen MR) is 67.9 cm³/mol. The van der Waals surface area contributed by atoms with E-state index < -0.39 is 0 Å². The van der Waals surface area contributed by atoms with Gasteiger partial charge in [-0.1, -0.05) is 6.07 Å². The molecule has 0 aliphatic heterocycles. The van der Waals surface area contributed by atoms with E-state index in [0.717, 1.165) is 12.8 Å². The quantitative estimate of drug-likeness (QED) is 0.870. The van der Waals surface area contributed by atoms with Gasteiger partial charge in [0.05, 0.1) is 6.04 Å². The minimum absolute atomic E-state index is 0. The highest BCUT2D eigenvalue weighted by atomic mass is 35.5. The van der Waals surface area contributed by atoms with E-state index in [1.807, 2.05) is 6.92 Å². The Morgan fingerprint density at radius 1 is 1.47 bits per heavy atom. The van der Waals surface area contributed by atoms with Crippen LogP contribution in [-0.2, 0) is 4.79 Å². The Morgan fingerprint density at radius 3 is 2.76 bits per heavy atom. The van der Waals surface area contributed by atoms with Crippen LogP contribution in [0.25, 0.3) is 0 Å². The molecule has 1 saturated carbocycles. The van der Waals surface area contributed by atoms with Gasteiger partial charge in [0.15, 0.2) is 0 Å². The maximum atomic E-state index is 12.9. The Kier molecular flexibility index (Phi) is 4.90. The summed E-state index contributed by atoms with van der Waals surface area (Å²) in [6.45, 7) is 1.81. The summed E-state index contributed by atoms with van der Waals surface area (Å²) < 4.78 is 12.9. The molecule has 17 heavy (non-hydrogen) atoms. The summed E-state index contributed by atoms with van der Waals surface area (Å²) in [6.07, 6.45) is 2.27. The lowest BCUT2D eigenvalue weighted by atomic mass is 10.2. The summed E-state index contributed by atoms with van der Waals surface area (Å²) in [4.78, 5) is 11.7. The first kappa shape index (κ1) is 13.9. The third-order valence-corrected chi connectivity index (χ3v) is 2.55. The molecule has 1 aliphatic rings. The number of rotatable bonds is 4. The maximum Gasteiger partial charge on any atom is 0.241 e. The van der Waals surface area contributed by atoms with Crippen molar-refractivity contribution in [1.29, 1.82) is 0 Å². The lowest BCUT2D eigenvalue weighted by Gasteiger charge is -2.13. The molecule has 1 fully saturated rings. The van der Waals surface area contributed by atoms with Gasteiger partial charge < -0.3 is 10.6 Å². The van der Waals surface area contributed by atoms with Crippen molar-refractivity contribution in [1.82, 2.24) is 5.32 Å². The lowest BCUT2D eigenvalue weighted by molar-refractivity contribution is -0.117. The fraction of sp³-hybridized carbons (Fsp3) is 0.417. The molecule has 1 aromatic carbocycles. The topological polar surface area (TPSA) is 41.1 Å². The van der Waals surface area contributed by atoms with Crippen molar-refractivity contribution in [3.63, 3.8) is 0 Å². The molecule has 5 heteroatoms. The van der Waals surface area contributed by atoms with Gasteiger partial charge in [0.2, 0.25) is 5.91 Å². The molecule has 1 aliphatic carbocycles. The SMILES string of the molecule is CC(NC1CC1)C(=O)Nc1cccc(F)c1.Cl. The first-order valence-corrected chi connectivity index (χ1v) is 5.47. The summed E-state index contributed by atoms with van der Waals surface area (Å²) in [6, 6.07) is 6.14. The zero-order valence-electron chi connectivity index (χ0n) is 9.57. The van der Waals surface area contributed by atoms with Crippen molar-refractivity contribution >= 4 is 24.0 Å². The smallest absolute Gasteiger partial charge is 0.241 e. The van der Waals surface area contributed by atoms with Crippen LogP contribution in [0.4, 0.5) is 10.1 Å². The minimum Gasteiger partial charge on any atom is -0.325 e. The summed E-state index contributed by atoms with van der Waals surface area (Å²) in [5.41, 5.74) is 0.495. The van der Waals surface area contributed by atoms with Crippen LogP contribution in [0.5, 0.6) is 0 Å². The van der Waals surface area contributed by atoms with Gasteiger partial charge in [-0.25, -0.2) is 4.39 Å². The Morgan fingerprint density at radius 2 is 2.18 bits per heavy atom. The van der Waals surface area contributed by atoms with Crippen LogP contribution < -0.4 is 10.6 Å². The molecule has 3 nitrogen and oxygen atoms in total. The fourth-order valence-electron chi connectivity index (χ4n) is 1.50. The molecule has 0 saturated heterocycles. The number of hydrogen-bond acceptors (Lipinski definition) is 2. The normalized spacial score (nSPS) is 15.9. The third kappa shape index (κ3) is 4.32. The Hall–Kier alpha value is -1.13. The van der Waals surface area contributed by atoms with Crippen molar-refractivity contribution in [3.05, 3.63) is 30.1 Å². The van der Waals surface area contributed by atoms with E-state index in [1.165, 1.54) is 12.1 Å². The van der Waals surface area contributed by atoms with E-state index in [0.29, 0.717) is 11.7 Å². The molecule has 0 bridgehead atoms. The molecule has 94 valence electrons. The van der Waals surface area contributed by atoms with E-state index in [4.69, 9.17) is 0 Å². The standard InChI is InChI=1S/C12H15FN2O.ClH/c1-8(14-10-5-6-10)12(16)15-11-4-2-3-9(13)7-11;/h2-4,7-8,10,14H,5-6H2,1H3,(H,15,16);1H. The van der Waals surface area contributed by atoms with E-state index >= 15 is 0 Å². The summed E-state index contributed by atoms with van der Waals surface area (Å²) >= 11 is 0. The van der Waals surface area contributed by atoms with Crippen LogP contribution in [0.15, 0.2) is 24.3 Å².